The van der Waals surface area contributed by atoms with Gasteiger partial charge in [-0.1, -0.05) is 29.3 Å². The number of rotatable bonds is 4. The summed E-state index contributed by atoms with van der Waals surface area (Å²) in [5, 5.41) is 4.29. The van der Waals surface area contributed by atoms with E-state index in [1.807, 2.05) is 12.1 Å². The van der Waals surface area contributed by atoms with Crippen LogP contribution in [0.25, 0.3) is 10.9 Å². The van der Waals surface area contributed by atoms with E-state index in [2.05, 4.69) is 20.3 Å². The van der Waals surface area contributed by atoms with Gasteiger partial charge in [0.05, 0.1) is 5.02 Å². The lowest BCUT2D eigenvalue weighted by Crippen LogP contribution is -2.07. The quantitative estimate of drug-likeness (QED) is 0.728. The lowest BCUT2D eigenvalue weighted by atomic mass is 10.1. The third kappa shape index (κ3) is 3.10. The molecule has 1 N–H and O–H groups in total. The van der Waals surface area contributed by atoms with E-state index in [0.29, 0.717) is 29.5 Å². The maximum absolute atomic E-state index is 14.2. The standard InChI is InChI=1S/C15H11Cl2FN4/c16-11-7-12(22-8-21-11)19-5-3-9-6-10-2-1-4-20-15(10)14(18)13(9)17/h1-2,4,6-8H,3,5H2,(H,19,21,22). The molecule has 112 valence electrons. The molecule has 0 amide bonds. The van der Waals surface area contributed by atoms with Crippen molar-refractivity contribution in [2.24, 2.45) is 0 Å². The zero-order valence-corrected chi connectivity index (χ0v) is 12.9. The van der Waals surface area contributed by atoms with Crippen molar-refractivity contribution in [2.45, 2.75) is 6.42 Å². The average molecular weight is 337 g/mol. The molecule has 0 atom stereocenters. The second-order valence-electron chi connectivity index (χ2n) is 4.64. The van der Waals surface area contributed by atoms with Crippen molar-refractivity contribution in [3.8, 4) is 0 Å². The summed E-state index contributed by atoms with van der Waals surface area (Å²) >= 11 is 11.9. The zero-order chi connectivity index (χ0) is 15.5. The van der Waals surface area contributed by atoms with Crippen molar-refractivity contribution in [1.82, 2.24) is 15.0 Å². The number of benzene rings is 1. The highest BCUT2D eigenvalue weighted by atomic mass is 35.5. The smallest absolute Gasteiger partial charge is 0.168 e. The minimum atomic E-state index is -0.486. The fraction of sp³-hybridized carbons (Fsp3) is 0.133. The van der Waals surface area contributed by atoms with Gasteiger partial charge in [0.1, 0.15) is 22.8 Å². The van der Waals surface area contributed by atoms with Gasteiger partial charge in [0.2, 0.25) is 0 Å². The van der Waals surface area contributed by atoms with Crippen LogP contribution >= 0.6 is 23.2 Å². The molecule has 0 aliphatic rings. The van der Waals surface area contributed by atoms with Crippen molar-refractivity contribution < 1.29 is 4.39 Å². The van der Waals surface area contributed by atoms with Crippen molar-refractivity contribution in [2.75, 3.05) is 11.9 Å². The van der Waals surface area contributed by atoms with E-state index >= 15 is 0 Å². The first-order valence-corrected chi connectivity index (χ1v) is 7.34. The number of hydrogen-bond donors (Lipinski definition) is 1. The molecule has 4 nitrogen and oxygen atoms in total. The molecule has 3 aromatic rings. The number of anilines is 1. The van der Waals surface area contributed by atoms with Crippen LogP contribution in [0.15, 0.2) is 36.8 Å². The number of nitrogens with one attached hydrogen (secondary N) is 1. The highest BCUT2D eigenvalue weighted by Crippen LogP contribution is 2.27. The predicted octanol–water partition coefficient (Wildman–Crippen LogP) is 4.13. The third-order valence-corrected chi connectivity index (χ3v) is 3.80. The summed E-state index contributed by atoms with van der Waals surface area (Å²) in [6.45, 7) is 0.540. The maximum atomic E-state index is 14.2. The largest absolute Gasteiger partial charge is 0.370 e. The molecule has 0 unspecified atom stereocenters. The Morgan fingerprint density at radius 1 is 1.14 bits per heavy atom. The number of nitrogens with zero attached hydrogens (tertiary/aromatic N) is 3. The van der Waals surface area contributed by atoms with Gasteiger partial charge in [0, 0.05) is 24.2 Å². The molecule has 7 heteroatoms. The Bertz CT molecular complexity index is 826. The molecule has 0 aliphatic heterocycles. The fourth-order valence-corrected chi connectivity index (χ4v) is 2.54. The minimum absolute atomic E-state index is 0.105. The van der Waals surface area contributed by atoms with Crippen LogP contribution in [-0.2, 0) is 6.42 Å². The number of pyridine rings is 1. The van der Waals surface area contributed by atoms with Gasteiger partial charge >= 0.3 is 0 Å². The van der Waals surface area contributed by atoms with Crippen LogP contribution in [0.5, 0.6) is 0 Å². The van der Waals surface area contributed by atoms with E-state index in [1.165, 1.54) is 6.33 Å². The van der Waals surface area contributed by atoms with Gasteiger partial charge in [-0.15, -0.1) is 0 Å². The summed E-state index contributed by atoms with van der Waals surface area (Å²) in [7, 11) is 0. The van der Waals surface area contributed by atoms with Crippen molar-refractivity contribution in [3.05, 3.63) is 58.3 Å². The van der Waals surface area contributed by atoms with Gasteiger partial charge in [-0.2, -0.15) is 0 Å². The summed E-state index contributed by atoms with van der Waals surface area (Å²) in [6, 6.07) is 7.04. The van der Waals surface area contributed by atoms with Gasteiger partial charge in [-0.3, -0.25) is 4.98 Å². The van der Waals surface area contributed by atoms with Gasteiger partial charge < -0.3 is 5.32 Å². The summed E-state index contributed by atoms with van der Waals surface area (Å²) in [5.41, 5.74) is 0.999. The number of fused-ring (bicyclic) bond motifs is 1. The molecule has 22 heavy (non-hydrogen) atoms. The first-order valence-electron chi connectivity index (χ1n) is 6.58. The maximum Gasteiger partial charge on any atom is 0.168 e. The van der Waals surface area contributed by atoms with E-state index in [4.69, 9.17) is 23.2 Å². The second kappa shape index (κ2) is 6.42. The van der Waals surface area contributed by atoms with Gasteiger partial charge in [-0.25, -0.2) is 14.4 Å². The van der Waals surface area contributed by atoms with Crippen LogP contribution in [0, 0.1) is 5.82 Å². The molecule has 0 saturated heterocycles. The molecule has 0 aliphatic carbocycles. The zero-order valence-electron chi connectivity index (χ0n) is 11.4. The Morgan fingerprint density at radius 3 is 2.82 bits per heavy atom. The van der Waals surface area contributed by atoms with Crippen LogP contribution in [0.4, 0.5) is 10.2 Å². The highest BCUT2D eigenvalue weighted by Gasteiger charge is 2.12. The number of halogens is 3. The Hall–Kier alpha value is -1.98. The van der Waals surface area contributed by atoms with E-state index in [-0.39, 0.29) is 10.5 Å². The monoisotopic (exact) mass is 336 g/mol. The summed E-state index contributed by atoms with van der Waals surface area (Å²) in [6.07, 6.45) is 3.46. The van der Waals surface area contributed by atoms with Gasteiger partial charge in [0.25, 0.3) is 0 Å². The van der Waals surface area contributed by atoms with Crippen LogP contribution in [-0.4, -0.2) is 21.5 Å². The summed E-state index contributed by atoms with van der Waals surface area (Å²) in [5.74, 6) is 0.124. The Morgan fingerprint density at radius 2 is 2.00 bits per heavy atom. The van der Waals surface area contributed by atoms with Crippen LogP contribution in [0.2, 0.25) is 10.2 Å². The molecule has 0 spiro atoms. The lowest BCUT2D eigenvalue weighted by molar-refractivity contribution is 0.635. The fourth-order valence-electron chi connectivity index (χ4n) is 2.15. The first kappa shape index (κ1) is 14.9. The number of hydrogen-bond acceptors (Lipinski definition) is 4. The van der Waals surface area contributed by atoms with Crippen molar-refractivity contribution in [1.29, 1.82) is 0 Å². The van der Waals surface area contributed by atoms with Crippen LogP contribution in [0.3, 0.4) is 0 Å². The molecule has 2 heterocycles. The Kier molecular flexibility index (Phi) is 4.36. The second-order valence-corrected chi connectivity index (χ2v) is 5.41. The van der Waals surface area contributed by atoms with Crippen molar-refractivity contribution in [3.63, 3.8) is 0 Å². The average Bonchev–Trinajstić information content (AvgIpc) is 2.52. The topological polar surface area (TPSA) is 50.7 Å². The molecule has 3 rings (SSSR count). The van der Waals surface area contributed by atoms with Gasteiger partial charge in [0.15, 0.2) is 5.82 Å². The van der Waals surface area contributed by atoms with E-state index in [9.17, 15) is 4.39 Å². The van der Waals surface area contributed by atoms with Crippen LogP contribution in [0.1, 0.15) is 5.56 Å². The Balaban J connectivity index is 1.78. The van der Waals surface area contributed by atoms with E-state index < -0.39 is 5.82 Å². The van der Waals surface area contributed by atoms with E-state index in [0.717, 1.165) is 5.39 Å². The Labute approximate surface area is 136 Å². The number of aromatic nitrogens is 3. The summed E-state index contributed by atoms with van der Waals surface area (Å²) < 4.78 is 14.2. The molecular formula is C15H11Cl2FN4. The highest BCUT2D eigenvalue weighted by molar-refractivity contribution is 6.32. The minimum Gasteiger partial charge on any atom is -0.370 e. The normalized spacial score (nSPS) is 10.9. The van der Waals surface area contributed by atoms with Gasteiger partial charge in [-0.05, 0) is 24.1 Å². The van der Waals surface area contributed by atoms with Crippen molar-refractivity contribution >= 4 is 39.9 Å². The molecule has 0 fully saturated rings. The molecule has 1 aromatic carbocycles. The summed E-state index contributed by atoms with van der Waals surface area (Å²) in [4.78, 5) is 11.9. The predicted molar refractivity (Wildman–Crippen MR) is 85.9 cm³/mol. The molecule has 0 bridgehead atoms. The molecule has 0 radical (unpaired) electrons. The lowest BCUT2D eigenvalue weighted by Gasteiger charge is -2.09. The molecular weight excluding hydrogens is 326 g/mol. The molecule has 0 saturated carbocycles. The third-order valence-electron chi connectivity index (χ3n) is 3.19. The molecule has 2 aromatic heterocycles. The first-order chi connectivity index (χ1) is 10.6. The SMILES string of the molecule is Fc1c(Cl)c(CCNc2cc(Cl)ncn2)cc2cccnc12. The van der Waals surface area contributed by atoms with E-state index in [1.54, 1.807) is 18.3 Å². The van der Waals surface area contributed by atoms with Crippen LogP contribution < -0.4 is 5.32 Å².